The summed E-state index contributed by atoms with van der Waals surface area (Å²) in [5.74, 6) is -0.164. The molecule has 6 nitrogen and oxygen atoms in total. The second-order valence-electron chi connectivity index (χ2n) is 6.85. The molecule has 0 aromatic heterocycles. The van der Waals surface area contributed by atoms with Crippen molar-refractivity contribution in [1.29, 1.82) is 0 Å². The van der Waals surface area contributed by atoms with Gasteiger partial charge in [-0.2, -0.15) is 0 Å². The monoisotopic (exact) mass is 458 g/mol. The Hall–Kier alpha value is -1.80. The Labute approximate surface area is 181 Å². The summed E-state index contributed by atoms with van der Waals surface area (Å²) < 4.78 is 32.6. The highest BCUT2D eigenvalue weighted by Crippen LogP contribution is 2.28. The number of amides is 1. The van der Waals surface area contributed by atoms with Crippen molar-refractivity contribution in [3.63, 3.8) is 0 Å². The highest BCUT2D eigenvalue weighted by atomic mass is 35.5. The maximum atomic E-state index is 12.4. The van der Waals surface area contributed by atoms with Crippen molar-refractivity contribution in [3.05, 3.63) is 63.6 Å². The van der Waals surface area contributed by atoms with Crippen LogP contribution in [0.25, 0.3) is 0 Å². The van der Waals surface area contributed by atoms with E-state index in [9.17, 15) is 13.2 Å². The molecule has 1 atom stereocenters. The van der Waals surface area contributed by atoms with Crippen LogP contribution in [0.3, 0.4) is 0 Å². The molecule has 29 heavy (non-hydrogen) atoms. The number of halogens is 2. The van der Waals surface area contributed by atoms with Gasteiger partial charge in [-0.15, -0.1) is 0 Å². The molecule has 0 radical (unpaired) electrons. The van der Waals surface area contributed by atoms with Crippen LogP contribution < -0.4 is 14.8 Å². The molecule has 1 amide bonds. The first-order valence-corrected chi connectivity index (χ1v) is 11.4. The average molecular weight is 459 g/mol. The summed E-state index contributed by atoms with van der Waals surface area (Å²) in [6.45, 7) is 5.30. The highest BCUT2D eigenvalue weighted by molar-refractivity contribution is 7.88. The lowest BCUT2D eigenvalue weighted by atomic mass is 10.1. The van der Waals surface area contributed by atoms with Crippen LogP contribution in [-0.4, -0.2) is 26.5 Å². The predicted octanol–water partition coefficient (Wildman–Crippen LogP) is 3.90. The zero-order chi connectivity index (χ0) is 21.6. The molecule has 0 bridgehead atoms. The Morgan fingerprint density at radius 3 is 2.34 bits per heavy atom. The Morgan fingerprint density at radius 1 is 1.07 bits per heavy atom. The summed E-state index contributed by atoms with van der Waals surface area (Å²) in [7, 11) is -3.47. The standard InChI is InChI=1S/C20H24Cl2N2O4S/c1-13(2)24-29(26,27)12-16-7-5-4-6-15(16)11-23-20(25)14(3)28-19-9-8-17(21)10-18(19)22/h4-10,13-14,24H,11-12H2,1-3H3,(H,23,25). The number of sulfonamides is 1. The Balaban J connectivity index is 2.01. The number of ether oxygens (including phenoxy) is 1. The van der Waals surface area contributed by atoms with Gasteiger partial charge in [-0.3, -0.25) is 4.79 Å². The Kier molecular flexibility index (Phi) is 8.34. The van der Waals surface area contributed by atoms with Crippen LogP contribution in [0, 0.1) is 0 Å². The molecule has 0 aliphatic carbocycles. The minimum absolute atomic E-state index is 0.163. The zero-order valence-electron chi connectivity index (χ0n) is 16.4. The van der Waals surface area contributed by atoms with Crippen LogP contribution in [0.2, 0.25) is 10.0 Å². The van der Waals surface area contributed by atoms with E-state index in [1.165, 1.54) is 6.07 Å². The summed E-state index contributed by atoms with van der Waals surface area (Å²) in [6.07, 6.45) is -0.799. The van der Waals surface area contributed by atoms with Gasteiger partial charge in [0.05, 0.1) is 10.8 Å². The molecule has 0 aliphatic rings. The summed E-state index contributed by atoms with van der Waals surface area (Å²) in [5.41, 5.74) is 1.34. The summed E-state index contributed by atoms with van der Waals surface area (Å²) >= 11 is 11.9. The summed E-state index contributed by atoms with van der Waals surface area (Å²) in [5, 5.41) is 3.55. The van der Waals surface area contributed by atoms with Crippen LogP contribution >= 0.6 is 23.2 Å². The van der Waals surface area contributed by atoms with Crippen molar-refractivity contribution in [2.45, 2.75) is 45.2 Å². The van der Waals surface area contributed by atoms with Gasteiger partial charge in [0.1, 0.15) is 5.75 Å². The third-order valence-corrected chi connectivity index (χ3v) is 5.95. The SMILES string of the molecule is CC(C)NS(=O)(=O)Cc1ccccc1CNC(=O)C(C)Oc1ccc(Cl)cc1Cl. The van der Waals surface area contributed by atoms with Crippen molar-refractivity contribution in [2.24, 2.45) is 0 Å². The topological polar surface area (TPSA) is 84.5 Å². The molecule has 2 aromatic carbocycles. The number of hydrogen-bond acceptors (Lipinski definition) is 4. The van der Waals surface area contributed by atoms with Crippen molar-refractivity contribution < 1.29 is 17.9 Å². The largest absolute Gasteiger partial charge is 0.479 e. The van der Waals surface area contributed by atoms with Crippen molar-refractivity contribution >= 4 is 39.1 Å². The van der Waals surface area contributed by atoms with Crippen LogP contribution in [0.1, 0.15) is 31.9 Å². The molecule has 0 spiro atoms. The van der Waals surface area contributed by atoms with Crippen LogP contribution in [0.15, 0.2) is 42.5 Å². The van der Waals surface area contributed by atoms with E-state index in [1.54, 1.807) is 57.2 Å². The number of nitrogens with one attached hydrogen (secondary N) is 2. The van der Waals surface area contributed by atoms with E-state index in [4.69, 9.17) is 27.9 Å². The number of carbonyl (C=O) groups is 1. The number of carbonyl (C=O) groups excluding carboxylic acids is 1. The molecular formula is C20H24Cl2N2O4S. The van der Waals surface area contributed by atoms with Crippen molar-refractivity contribution in [1.82, 2.24) is 10.0 Å². The minimum Gasteiger partial charge on any atom is -0.479 e. The molecule has 0 heterocycles. The predicted molar refractivity (Wildman–Crippen MR) is 116 cm³/mol. The maximum Gasteiger partial charge on any atom is 0.261 e. The quantitative estimate of drug-likeness (QED) is 0.596. The molecule has 0 aliphatic heterocycles. The number of benzene rings is 2. The zero-order valence-corrected chi connectivity index (χ0v) is 18.7. The molecule has 2 rings (SSSR count). The van der Waals surface area contributed by atoms with Gasteiger partial charge in [-0.25, -0.2) is 13.1 Å². The second kappa shape index (κ2) is 10.3. The highest BCUT2D eigenvalue weighted by Gasteiger charge is 2.18. The lowest BCUT2D eigenvalue weighted by molar-refractivity contribution is -0.127. The van der Waals surface area contributed by atoms with E-state index >= 15 is 0 Å². The van der Waals surface area contributed by atoms with Crippen molar-refractivity contribution in [3.8, 4) is 5.75 Å². The minimum atomic E-state index is -3.47. The summed E-state index contributed by atoms with van der Waals surface area (Å²) in [4.78, 5) is 12.4. The average Bonchev–Trinajstić information content (AvgIpc) is 2.61. The maximum absolute atomic E-state index is 12.4. The van der Waals surface area contributed by atoms with Crippen molar-refractivity contribution in [2.75, 3.05) is 0 Å². The Bertz CT molecular complexity index is 965. The molecule has 9 heteroatoms. The molecule has 2 N–H and O–H groups in total. The first-order valence-electron chi connectivity index (χ1n) is 9.03. The van der Waals surface area contributed by atoms with Crippen LogP contribution in [0.4, 0.5) is 0 Å². The van der Waals surface area contributed by atoms with Gasteiger partial charge in [0, 0.05) is 17.6 Å². The van der Waals surface area contributed by atoms with E-state index in [0.717, 1.165) is 0 Å². The van der Waals surface area contributed by atoms with E-state index < -0.39 is 16.1 Å². The van der Waals surface area contributed by atoms with Gasteiger partial charge in [0.25, 0.3) is 5.91 Å². The first kappa shape index (κ1) is 23.5. The molecule has 158 valence electrons. The van der Waals surface area contributed by atoms with E-state index in [-0.39, 0.29) is 24.2 Å². The molecule has 0 saturated heterocycles. The molecule has 0 fully saturated rings. The lowest BCUT2D eigenvalue weighted by Crippen LogP contribution is -2.36. The fraction of sp³-hybridized carbons (Fsp3) is 0.350. The summed E-state index contributed by atoms with van der Waals surface area (Å²) in [6, 6.07) is 11.6. The molecular weight excluding hydrogens is 435 g/mol. The van der Waals surface area contributed by atoms with Crippen LogP contribution in [-0.2, 0) is 27.1 Å². The fourth-order valence-electron chi connectivity index (χ4n) is 2.62. The van der Waals surface area contributed by atoms with Gasteiger partial charge in [-0.1, -0.05) is 47.5 Å². The van der Waals surface area contributed by atoms with Gasteiger partial charge in [-0.05, 0) is 50.1 Å². The first-order chi connectivity index (χ1) is 13.6. The van der Waals surface area contributed by atoms with Crippen LogP contribution in [0.5, 0.6) is 5.75 Å². The number of rotatable bonds is 9. The van der Waals surface area contributed by atoms with Gasteiger partial charge in [0.15, 0.2) is 6.10 Å². The molecule has 2 aromatic rings. The molecule has 0 saturated carbocycles. The molecule has 1 unspecified atom stereocenters. The van der Waals surface area contributed by atoms with E-state index in [2.05, 4.69) is 10.0 Å². The smallest absolute Gasteiger partial charge is 0.261 e. The lowest BCUT2D eigenvalue weighted by Gasteiger charge is -2.17. The fourth-order valence-corrected chi connectivity index (χ4v) is 4.56. The van der Waals surface area contributed by atoms with Gasteiger partial charge in [0.2, 0.25) is 10.0 Å². The normalized spacial score (nSPS) is 12.6. The number of hydrogen-bond donors (Lipinski definition) is 2. The van der Waals surface area contributed by atoms with E-state index in [0.29, 0.717) is 26.9 Å². The van der Waals surface area contributed by atoms with Gasteiger partial charge < -0.3 is 10.1 Å². The van der Waals surface area contributed by atoms with Gasteiger partial charge >= 0.3 is 0 Å². The Morgan fingerprint density at radius 2 is 1.72 bits per heavy atom. The second-order valence-corrected chi connectivity index (χ2v) is 9.45. The van der Waals surface area contributed by atoms with E-state index in [1.807, 2.05) is 0 Å². The third-order valence-electron chi connectivity index (χ3n) is 3.90. The third kappa shape index (κ3) is 7.51.